The summed E-state index contributed by atoms with van der Waals surface area (Å²) in [6, 6.07) is 18.4. The summed E-state index contributed by atoms with van der Waals surface area (Å²) >= 11 is 5.98. The van der Waals surface area contributed by atoms with Gasteiger partial charge in [0.2, 0.25) is 0 Å². The van der Waals surface area contributed by atoms with Crippen LogP contribution in [0.5, 0.6) is 5.75 Å². The molecule has 1 heterocycles. The number of nitrogens with zero attached hydrogens (tertiary/aromatic N) is 2. The van der Waals surface area contributed by atoms with Crippen LogP contribution < -0.4 is 10.1 Å². The first-order chi connectivity index (χ1) is 13.9. The highest BCUT2D eigenvalue weighted by Gasteiger charge is 2.14. The first-order valence-corrected chi connectivity index (χ1v) is 9.33. The van der Waals surface area contributed by atoms with E-state index in [0.717, 1.165) is 22.6 Å². The van der Waals surface area contributed by atoms with Crippen LogP contribution in [0.25, 0.3) is 11.8 Å². The molecule has 1 N–H and O–H groups in total. The number of aryl methyl sites for hydroxylation is 1. The van der Waals surface area contributed by atoms with Crippen molar-refractivity contribution in [3.8, 4) is 17.5 Å². The Labute approximate surface area is 174 Å². The maximum Gasteiger partial charge on any atom is 0.266 e. The fourth-order valence-electron chi connectivity index (χ4n) is 3.10. The van der Waals surface area contributed by atoms with Gasteiger partial charge in [0.1, 0.15) is 17.4 Å². The molecule has 0 saturated carbocycles. The van der Waals surface area contributed by atoms with Crippen LogP contribution >= 0.6 is 11.6 Å². The SMILES string of the molecule is COc1ccc(NC(=O)C(C#N)=Cc2cc(C)n(-c3ccc(Cl)cc3)c2C)cc1. The van der Waals surface area contributed by atoms with Gasteiger partial charge in [-0.25, -0.2) is 0 Å². The molecule has 1 amide bonds. The standard InChI is InChI=1S/C23H20ClN3O2/c1-15-12-17(16(2)27(15)21-8-4-19(24)5-9-21)13-18(14-25)23(28)26-20-6-10-22(29-3)11-7-20/h4-13H,1-3H3,(H,26,28). The Balaban J connectivity index is 1.88. The molecule has 0 aliphatic rings. The number of hydrogen-bond acceptors (Lipinski definition) is 3. The number of halogens is 1. The molecule has 3 rings (SSSR count). The molecule has 0 fully saturated rings. The Morgan fingerprint density at radius 2 is 1.79 bits per heavy atom. The molecule has 0 bridgehead atoms. The van der Waals surface area contributed by atoms with E-state index < -0.39 is 5.91 Å². The maximum absolute atomic E-state index is 12.6. The van der Waals surface area contributed by atoms with E-state index >= 15 is 0 Å². The van der Waals surface area contributed by atoms with Crippen LogP contribution in [-0.4, -0.2) is 17.6 Å². The van der Waals surface area contributed by atoms with Gasteiger partial charge in [0.25, 0.3) is 5.91 Å². The molecule has 146 valence electrons. The highest BCUT2D eigenvalue weighted by Crippen LogP contribution is 2.24. The molecule has 2 aromatic carbocycles. The third-order valence-corrected chi connectivity index (χ3v) is 4.82. The van der Waals surface area contributed by atoms with Gasteiger partial charge in [-0.2, -0.15) is 5.26 Å². The Morgan fingerprint density at radius 3 is 2.38 bits per heavy atom. The second kappa shape index (κ2) is 8.68. The number of ether oxygens (including phenoxy) is 1. The normalized spacial score (nSPS) is 11.1. The second-order valence-electron chi connectivity index (χ2n) is 6.49. The highest BCUT2D eigenvalue weighted by atomic mass is 35.5. The molecule has 0 unspecified atom stereocenters. The zero-order valence-electron chi connectivity index (χ0n) is 16.4. The summed E-state index contributed by atoms with van der Waals surface area (Å²) in [7, 11) is 1.57. The van der Waals surface area contributed by atoms with Crippen molar-refractivity contribution in [2.45, 2.75) is 13.8 Å². The lowest BCUT2D eigenvalue weighted by Crippen LogP contribution is -2.13. The molecule has 0 aliphatic heterocycles. The van der Waals surface area contributed by atoms with E-state index in [1.54, 1.807) is 37.5 Å². The molecular weight excluding hydrogens is 386 g/mol. The van der Waals surface area contributed by atoms with E-state index in [0.29, 0.717) is 16.5 Å². The van der Waals surface area contributed by atoms with Gasteiger partial charge in [-0.1, -0.05) is 11.6 Å². The van der Waals surface area contributed by atoms with Crippen LogP contribution in [0.2, 0.25) is 5.02 Å². The summed E-state index contributed by atoms with van der Waals surface area (Å²) in [4.78, 5) is 12.6. The van der Waals surface area contributed by atoms with Crippen molar-refractivity contribution in [1.82, 2.24) is 4.57 Å². The van der Waals surface area contributed by atoms with E-state index in [2.05, 4.69) is 9.88 Å². The Bertz CT molecular complexity index is 1100. The molecule has 3 aromatic rings. The van der Waals surface area contributed by atoms with Crippen molar-refractivity contribution in [2.75, 3.05) is 12.4 Å². The minimum Gasteiger partial charge on any atom is -0.497 e. The monoisotopic (exact) mass is 405 g/mol. The van der Waals surface area contributed by atoms with Crippen LogP contribution in [0.3, 0.4) is 0 Å². The molecular formula is C23H20ClN3O2. The van der Waals surface area contributed by atoms with Crippen molar-refractivity contribution in [3.05, 3.63) is 82.1 Å². The van der Waals surface area contributed by atoms with Crippen LogP contribution in [0, 0.1) is 25.2 Å². The van der Waals surface area contributed by atoms with E-state index in [9.17, 15) is 10.1 Å². The third kappa shape index (κ3) is 4.50. The number of rotatable bonds is 5. The number of aromatic nitrogens is 1. The van der Waals surface area contributed by atoms with Gasteiger partial charge in [0.05, 0.1) is 7.11 Å². The van der Waals surface area contributed by atoms with Crippen LogP contribution in [0.15, 0.2) is 60.2 Å². The fraction of sp³-hybridized carbons (Fsp3) is 0.130. The lowest BCUT2D eigenvalue weighted by Gasteiger charge is -2.09. The van der Waals surface area contributed by atoms with E-state index in [1.807, 2.05) is 50.2 Å². The smallest absolute Gasteiger partial charge is 0.266 e. The predicted molar refractivity (Wildman–Crippen MR) is 115 cm³/mol. The molecule has 0 radical (unpaired) electrons. The predicted octanol–water partition coefficient (Wildman–Crippen LogP) is 5.30. The highest BCUT2D eigenvalue weighted by molar-refractivity contribution is 6.30. The molecule has 1 aromatic heterocycles. The van der Waals surface area contributed by atoms with Crippen LogP contribution in [-0.2, 0) is 4.79 Å². The van der Waals surface area contributed by atoms with E-state index in [1.165, 1.54) is 0 Å². The van der Waals surface area contributed by atoms with Crippen molar-refractivity contribution < 1.29 is 9.53 Å². The summed E-state index contributed by atoms with van der Waals surface area (Å²) in [6.07, 6.45) is 1.60. The largest absolute Gasteiger partial charge is 0.497 e. The summed E-state index contributed by atoms with van der Waals surface area (Å²) in [5.41, 5.74) is 4.30. The minimum atomic E-state index is -0.464. The lowest BCUT2D eigenvalue weighted by atomic mass is 10.1. The average molecular weight is 406 g/mol. The number of methoxy groups -OCH3 is 1. The summed E-state index contributed by atoms with van der Waals surface area (Å²) in [5.74, 6) is 0.225. The number of amides is 1. The number of carbonyl (C=O) groups is 1. The molecule has 0 aliphatic carbocycles. The van der Waals surface area contributed by atoms with Crippen LogP contribution in [0.1, 0.15) is 17.0 Å². The Morgan fingerprint density at radius 1 is 1.14 bits per heavy atom. The van der Waals surface area contributed by atoms with E-state index in [4.69, 9.17) is 16.3 Å². The van der Waals surface area contributed by atoms with Crippen molar-refractivity contribution in [1.29, 1.82) is 5.26 Å². The number of hydrogen-bond donors (Lipinski definition) is 1. The number of nitrogens with one attached hydrogen (secondary N) is 1. The first kappa shape index (κ1) is 20.2. The molecule has 6 heteroatoms. The number of carbonyl (C=O) groups excluding carboxylic acids is 1. The number of anilines is 1. The van der Waals surface area contributed by atoms with Gasteiger partial charge in [-0.05, 0) is 80.1 Å². The zero-order chi connectivity index (χ0) is 21.0. The summed E-state index contributed by atoms with van der Waals surface area (Å²) in [5, 5.41) is 12.9. The zero-order valence-corrected chi connectivity index (χ0v) is 17.1. The molecule has 29 heavy (non-hydrogen) atoms. The molecule has 0 spiro atoms. The summed E-state index contributed by atoms with van der Waals surface area (Å²) in [6.45, 7) is 3.92. The van der Waals surface area contributed by atoms with Crippen molar-refractivity contribution in [2.24, 2.45) is 0 Å². The third-order valence-electron chi connectivity index (χ3n) is 4.57. The van der Waals surface area contributed by atoms with Crippen LogP contribution in [0.4, 0.5) is 5.69 Å². The molecule has 0 atom stereocenters. The minimum absolute atomic E-state index is 0.0252. The Hall–Kier alpha value is -3.49. The van der Waals surface area contributed by atoms with Gasteiger partial charge in [0, 0.05) is 27.8 Å². The topological polar surface area (TPSA) is 67.0 Å². The van der Waals surface area contributed by atoms with Crippen molar-refractivity contribution >= 4 is 29.3 Å². The first-order valence-electron chi connectivity index (χ1n) is 8.95. The number of nitriles is 1. The van der Waals surface area contributed by atoms with Gasteiger partial charge < -0.3 is 14.6 Å². The summed E-state index contributed by atoms with van der Waals surface area (Å²) < 4.78 is 7.16. The van der Waals surface area contributed by atoms with Gasteiger partial charge in [-0.15, -0.1) is 0 Å². The Kier molecular flexibility index (Phi) is 6.06. The number of benzene rings is 2. The van der Waals surface area contributed by atoms with E-state index in [-0.39, 0.29) is 5.57 Å². The fourth-order valence-corrected chi connectivity index (χ4v) is 3.22. The van der Waals surface area contributed by atoms with Crippen molar-refractivity contribution in [3.63, 3.8) is 0 Å². The van der Waals surface area contributed by atoms with Gasteiger partial charge in [-0.3, -0.25) is 4.79 Å². The van der Waals surface area contributed by atoms with Gasteiger partial charge in [0.15, 0.2) is 0 Å². The maximum atomic E-state index is 12.6. The average Bonchev–Trinajstić information content (AvgIpc) is 3.00. The second-order valence-corrected chi connectivity index (χ2v) is 6.93. The molecule has 5 nitrogen and oxygen atoms in total. The molecule has 0 saturated heterocycles. The quantitative estimate of drug-likeness (QED) is 0.462. The lowest BCUT2D eigenvalue weighted by molar-refractivity contribution is -0.112. The van der Waals surface area contributed by atoms with Gasteiger partial charge >= 0.3 is 0 Å².